The topological polar surface area (TPSA) is 57.6 Å². The zero-order valence-electron chi connectivity index (χ0n) is 12.1. The van der Waals surface area contributed by atoms with Crippen LogP contribution in [0, 0.1) is 13.8 Å². The fourth-order valence-electron chi connectivity index (χ4n) is 2.09. The van der Waals surface area contributed by atoms with Gasteiger partial charge in [0.2, 0.25) is 10.0 Å². The molecule has 0 aliphatic rings. The van der Waals surface area contributed by atoms with Gasteiger partial charge in [-0.1, -0.05) is 19.9 Å². The maximum absolute atomic E-state index is 12.6. The summed E-state index contributed by atoms with van der Waals surface area (Å²) in [6, 6.07) is 3.40. The van der Waals surface area contributed by atoms with Crippen LogP contribution in [0.15, 0.2) is 17.0 Å². The first-order valence-electron chi connectivity index (χ1n) is 6.59. The quantitative estimate of drug-likeness (QED) is 0.872. The second-order valence-electron chi connectivity index (χ2n) is 4.69. The van der Waals surface area contributed by atoms with Crippen molar-refractivity contribution in [3.05, 3.63) is 28.8 Å². The van der Waals surface area contributed by atoms with Gasteiger partial charge in [0.1, 0.15) is 0 Å². The van der Waals surface area contributed by atoms with E-state index in [4.69, 9.17) is 0 Å². The van der Waals surface area contributed by atoms with Gasteiger partial charge < -0.3 is 5.11 Å². The van der Waals surface area contributed by atoms with E-state index in [1.54, 1.807) is 6.07 Å². The number of hydrogen-bond donors (Lipinski definition) is 1. The maximum Gasteiger partial charge on any atom is 0.243 e. The van der Waals surface area contributed by atoms with Crippen molar-refractivity contribution < 1.29 is 13.5 Å². The maximum atomic E-state index is 12.6. The molecule has 5 heteroatoms. The molecule has 1 aromatic rings. The van der Waals surface area contributed by atoms with Crippen LogP contribution in [-0.4, -0.2) is 30.9 Å². The van der Waals surface area contributed by atoms with Crippen molar-refractivity contribution in [2.24, 2.45) is 0 Å². The van der Waals surface area contributed by atoms with Crippen LogP contribution < -0.4 is 0 Å². The van der Waals surface area contributed by atoms with E-state index in [-0.39, 0.29) is 6.61 Å². The van der Waals surface area contributed by atoms with Gasteiger partial charge in [0.25, 0.3) is 0 Å². The van der Waals surface area contributed by atoms with E-state index < -0.39 is 10.0 Å². The average Bonchev–Trinajstić information content (AvgIpc) is 2.38. The highest BCUT2D eigenvalue weighted by molar-refractivity contribution is 7.89. The van der Waals surface area contributed by atoms with E-state index in [9.17, 15) is 13.5 Å². The fourth-order valence-corrected chi connectivity index (χ4v) is 3.98. The van der Waals surface area contributed by atoms with Crippen molar-refractivity contribution >= 4 is 10.0 Å². The second kappa shape index (κ2) is 6.50. The van der Waals surface area contributed by atoms with Crippen molar-refractivity contribution in [3.8, 4) is 0 Å². The Morgan fingerprint density at radius 1 is 1.21 bits per heavy atom. The monoisotopic (exact) mass is 285 g/mol. The lowest BCUT2D eigenvalue weighted by Gasteiger charge is -2.22. The van der Waals surface area contributed by atoms with E-state index >= 15 is 0 Å². The molecule has 0 aliphatic carbocycles. The molecule has 0 aliphatic heterocycles. The summed E-state index contributed by atoms with van der Waals surface area (Å²) in [5, 5.41) is 9.23. The molecule has 0 bridgehead atoms. The Kier molecular flexibility index (Phi) is 5.52. The van der Waals surface area contributed by atoms with Crippen LogP contribution in [0.3, 0.4) is 0 Å². The standard InChI is InChI=1S/C14H23NO3S/c1-5-7-15(6-2)19(17,18)14-9-13(10-16)8-11(3)12(14)4/h8-9,16H,5-7,10H2,1-4H3. The highest BCUT2D eigenvalue weighted by Crippen LogP contribution is 2.24. The number of rotatable bonds is 6. The van der Waals surface area contributed by atoms with Crippen LogP contribution in [0.4, 0.5) is 0 Å². The van der Waals surface area contributed by atoms with E-state index in [0.717, 1.165) is 17.5 Å². The van der Waals surface area contributed by atoms with Crippen LogP contribution in [0.2, 0.25) is 0 Å². The number of benzene rings is 1. The van der Waals surface area contributed by atoms with E-state index in [1.165, 1.54) is 4.31 Å². The number of nitrogens with zero attached hydrogens (tertiary/aromatic N) is 1. The first-order valence-corrected chi connectivity index (χ1v) is 8.03. The molecule has 0 atom stereocenters. The molecule has 1 rings (SSSR count). The van der Waals surface area contributed by atoms with E-state index in [0.29, 0.717) is 23.5 Å². The highest BCUT2D eigenvalue weighted by Gasteiger charge is 2.25. The van der Waals surface area contributed by atoms with Gasteiger partial charge in [-0.05, 0) is 43.0 Å². The lowest BCUT2D eigenvalue weighted by molar-refractivity contribution is 0.281. The minimum Gasteiger partial charge on any atom is -0.392 e. The third-order valence-corrected chi connectivity index (χ3v) is 5.41. The first-order chi connectivity index (χ1) is 8.88. The molecule has 0 aromatic heterocycles. The SMILES string of the molecule is CCCN(CC)S(=O)(=O)c1cc(CO)cc(C)c1C. The largest absolute Gasteiger partial charge is 0.392 e. The third-order valence-electron chi connectivity index (χ3n) is 3.31. The van der Waals surface area contributed by atoms with E-state index in [1.807, 2.05) is 33.8 Å². The predicted octanol–water partition coefficient (Wildman–Crippen LogP) is 2.22. The molecule has 0 fully saturated rings. The summed E-state index contributed by atoms with van der Waals surface area (Å²) in [7, 11) is -3.48. The average molecular weight is 285 g/mol. The minimum atomic E-state index is -3.48. The Balaban J connectivity index is 3.38. The zero-order chi connectivity index (χ0) is 14.6. The lowest BCUT2D eigenvalue weighted by atomic mass is 10.1. The van der Waals surface area contributed by atoms with Gasteiger partial charge in [-0.2, -0.15) is 4.31 Å². The van der Waals surface area contributed by atoms with Crippen LogP contribution in [0.25, 0.3) is 0 Å². The summed E-state index contributed by atoms with van der Waals surface area (Å²) >= 11 is 0. The first kappa shape index (κ1) is 16.1. The lowest BCUT2D eigenvalue weighted by Crippen LogP contribution is -2.32. The van der Waals surface area contributed by atoms with Crippen LogP contribution >= 0.6 is 0 Å². The van der Waals surface area contributed by atoms with Gasteiger partial charge in [0, 0.05) is 13.1 Å². The Morgan fingerprint density at radius 2 is 1.84 bits per heavy atom. The molecule has 0 unspecified atom stereocenters. The van der Waals surface area contributed by atoms with Crippen LogP contribution in [0.1, 0.15) is 37.0 Å². The number of hydrogen-bond acceptors (Lipinski definition) is 3. The summed E-state index contributed by atoms with van der Waals surface area (Å²) in [6.07, 6.45) is 0.783. The van der Waals surface area contributed by atoms with Crippen molar-refractivity contribution in [2.45, 2.75) is 45.6 Å². The van der Waals surface area contributed by atoms with Crippen LogP contribution in [-0.2, 0) is 16.6 Å². The third kappa shape index (κ3) is 3.35. The number of aliphatic hydroxyl groups excluding tert-OH is 1. The van der Waals surface area contributed by atoms with Crippen molar-refractivity contribution in [1.29, 1.82) is 0 Å². The number of aliphatic hydroxyl groups is 1. The molecular formula is C14H23NO3S. The van der Waals surface area contributed by atoms with Gasteiger partial charge >= 0.3 is 0 Å². The van der Waals surface area contributed by atoms with Gasteiger partial charge in [-0.25, -0.2) is 8.42 Å². The van der Waals surface area contributed by atoms with Gasteiger partial charge in [0.15, 0.2) is 0 Å². The van der Waals surface area contributed by atoms with Gasteiger partial charge in [-0.3, -0.25) is 0 Å². The molecule has 1 aromatic carbocycles. The van der Waals surface area contributed by atoms with Gasteiger partial charge in [-0.15, -0.1) is 0 Å². The summed E-state index contributed by atoms with van der Waals surface area (Å²) < 4.78 is 26.8. The van der Waals surface area contributed by atoms with Crippen molar-refractivity contribution in [3.63, 3.8) is 0 Å². The summed E-state index contributed by atoms with van der Waals surface area (Å²) in [5.41, 5.74) is 2.28. The molecule has 0 amide bonds. The molecular weight excluding hydrogens is 262 g/mol. The Bertz CT molecular complexity index is 538. The molecule has 1 N–H and O–H groups in total. The summed E-state index contributed by atoms with van der Waals surface area (Å²) in [5.74, 6) is 0. The molecule has 0 radical (unpaired) electrons. The molecule has 0 saturated carbocycles. The van der Waals surface area contributed by atoms with Crippen LogP contribution in [0.5, 0.6) is 0 Å². The highest BCUT2D eigenvalue weighted by atomic mass is 32.2. The molecule has 0 saturated heterocycles. The Labute approximate surface area is 116 Å². The molecule has 0 heterocycles. The Hall–Kier alpha value is -0.910. The zero-order valence-corrected chi connectivity index (χ0v) is 12.9. The van der Waals surface area contributed by atoms with Crippen molar-refractivity contribution in [1.82, 2.24) is 4.31 Å². The number of aryl methyl sites for hydroxylation is 1. The van der Waals surface area contributed by atoms with Crippen molar-refractivity contribution in [2.75, 3.05) is 13.1 Å². The second-order valence-corrected chi connectivity index (χ2v) is 6.60. The predicted molar refractivity (Wildman–Crippen MR) is 76.6 cm³/mol. The molecule has 0 spiro atoms. The summed E-state index contributed by atoms with van der Waals surface area (Å²) in [4.78, 5) is 0.312. The smallest absolute Gasteiger partial charge is 0.243 e. The minimum absolute atomic E-state index is 0.149. The molecule has 108 valence electrons. The summed E-state index contributed by atoms with van der Waals surface area (Å²) in [6.45, 7) is 8.29. The normalized spacial score (nSPS) is 12.1. The molecule has 19 heavy (non-hydrogen) atoms. The van der Waals surface area contributed by atoms with Gasteiger partial charge in [0.05, 0.1) is 11.5 Å². The molecule has 4 nitrogen and oxygen atoms in total. The Morgan fingerprint density at radius 3 is 2.32 bits per heavy atom. The fraction of sp³-hybridized carbons (Fsp3) is 0.571. The van der Waals surface area contributed by atoms with E-state index in [2.05, 4.69) is 0 Å². The number of sulfonamides is 1.